The van der Waals surface area contributed by atoms with Crippen molar-refractivity contribution in [2.45, 2.75) is 6.04 Å². The number of thiazole rings is 1. The zero-order chi connectivity index (χ0) is 14.8. The Morgan fingerprint density at radius 1 is 1.48 bits per heavy atom. The Kier molecular flexibility index (Phi) is 4.19. The van der Waals surface area contributed by atoms with Crippen molar-refractivity contribution < 1.29 is 9.53 Å². The molecule has 0 saturated carbocycles. The van der Waals surface area contributed by atoms with Gasteiger partial charge in [0.05, 0.1) is 29.5 Å². The molecule has 0 spiro atoms. The highest BCUT2D eigenvalue weighted by atomic mass is 32.1. The minimum Gasteiger partial charge on any atom is -0.377 e. The number of hydrogen-bond acceptors (Lipinski definition) is 5. The summed E-state index contributed by atoms with van der Waals surface area (Å²) in [6.07, 6.45) is 0. The van der Waals surface area contributed by atoms with Gasteiger partial charge in [0, 0.05) is 13.1 Å². The summed E-state index contributed by atoms with van der Waals surface area (Å²) in [7, 11) is 4.02. The van der Waals surface area contributed by atoms with E-state index in [4.69, 9.17) is 4.74 Å². The summed E-state index contributed by atoms with van der Waals surface area (Å²) in [6, 6.07) is 7.95. The molecule has 0 radical (unpaired) electrons. The van der Waals surface area contributed by atoms with Gasteiger partial charge in [0.25, 0.3) is 5.91 Å². The minimum absolute atomic E-state index is 0.0198. The molecule has 2 heterocycles. The number of amides is 1. The Bertz CT molecular complexity index is 608. The van der Waals surface area contributed by atoms with Gasteiger partial charge in [0.15, 0.2) is 5.01 Å². The number of likely N-dealkylation sites (N-methyl/N-ethyl adjacent to an activating group) is 1. The molecule has 1 saturated heterocycles. The van der Waals surface area contributed by atoms with Crippen molar-refractivity contribution in [3.05, 3.63) is 29.3 Å². The number of fused-ring (bicyclic) bond motifs is 1. The van der Waals surface area contributed by atoms with Crippen LogP contribution < -0.4 is 0 Å². The van der Waals surface area contributed by atoms with Crippen LogP contribution in [0.15, 0.2) is 24.3 Å². The standard InChI is InChI=1S/C15H19N3O2S/c1-17(2)9-11-10-20-8-7-18(11)15(19)14-16-12-5-3-4-6-13(12)21-14/h3-6,11H,7-10H2,1-2H3/t11-/m0/s1. The van der Waals surface area contributed by atoms with Crippen LogP contribution in [-0.4, -0.2) is 67.1 Å². The molecule has 1 amide bonds. The van der Waals surface area contributed by atoms with E-state index in [1.54, 1.807) is 0 Å². The van der Waals surface area contributed by atoms with Crippen molar-refractivity contribution in [3.63, 3.8) is 0 Å². The lowest BCUT2D eigenvalue weighted by Crippen LogP contribution is -2.52. The average Bonchev–Trinajstić information content (AvgIpc) is 2.90. The molecule has 6 heteroatoms. The first-order valence-electron chi connectivity index (χ1n) is 7.04. The first-order valence-corrected chi connectivity index (χ1v) is 7.86. The number of carbonyl (C=O) groups is 1. The lowest BCUT2D eigenvalue weighted by atomic mass is 10.2. The van der Waals surface area contributed by atoms with Gasteiger partial charge in [-0.15, -0.1) is 11.3 Å². The van der Waals surface area contributed by atoms with E-state index in [9.17, 15) is 4.79 Å². The molecule has 0 aliphatic carbocycles. The number of nitrogens with zero attached hydrogens (tertiary/aromatic N) is 3. The van der Waals surface area contributed by atoms with E-state index in [2.05, 4.69) is 9.88 Å². The first-order chi connectivity index (χ1) is 10.1. The molecule has 112 valence electrons. The van der Waals surface area contributed by atoms with Gasteiger partial charge in [-0.2, -0.15) is 0 Å². The predicted molar refractivity (Wildman–Crippen MR) is 83.8 cm³/mol. The molecule has 1 atom stereocenters. The van der Waals surface area contributed by atoms with Gasteiger partial charge in [-0.05, 0) is 26.2 Å². The number of morpholine rings is 1. The van der Waals surface area contributed by atoms with Crippen molar-refractivity contribution in [2.75, 3.05) is 40.4 Å². The van der Waals surface area contributed by atoms with Crippen molar-refractivity contribution >= 4 is 27.5 Å². The minimum atomic E-state index is 0.0198. The molecule has 0 bridgehead atoms. The molecule has 1 aliphatic heterocycles. The third-order valence-corrected chi connectivity index (χ3v) is 4.57. The fraction of sp³-hybridized carbons (Fsp3) is 0.467. The van der Waals surface area contributed by atoms with E-state index in [0.29, 0.717) is 24.8 Å². The molecule has 1 fully saturated rings. The molecule has 3 rings (SSSR count). The highest BCUT2D eigenvalue weighted by molar-refractivity contribution is 7.20. The largest absolute Gasteiger partial charge is 0.377 e. The lowest BCUT2D eigenvalue weighted by Gasteiger charge is -2.36. The number of benzene rings is 1. The molecule has 1 aromatic heterocycles. The Morgan fingerprint density at radius 3 is 3.05 bits per heavy atom. The van der Waals surface area contributed by atoms with E-state index in [0.717, 1.165) is 16.8 Å². The SMILES string of the molecule is CN(C)C[C@H]1COCCN1C(=O)c1nc2ccccc2s1. The molecule has 21 heavy (non-hydrogen) atoms. The summed E-state index contributed by atoms with van der Waals surface area (Å²) in [5.41, 5.74) is 0.892. The van der Waals surface area contributed by atoms with Gasteiger partial charge in [0.2, 0.25) is 0 Å². The third-order valence-electron chi connectivity index (χ3n) is 3.54. The van der Waals surface area contributed by atoms with E-state index in [1.165, 1.54) is 11.3 Å². The van der Waals surface area contributed by atoms with Gasteiger partial charge in [-0.1, -0.05) is 12.1 Å². The van der Waals surface area contributed by atoms with E-state index >= 15 is 0 Å². The number of ether oxygens (including phenoxy) is 1. The summed E-state index contributed by atoms with van der Waals surface area (Å²) in [5.74, 6) is 0.0198. The number of rotatable bonds is 3. The summed E-state index contributed by atoms with van der Waals surface area (Å²) in [5, 5.41) is 0.571. The van der Waals surface area contributed by atoms with E-state index < -0.39 is 0 Å². The highest BCUT2D eigenvalue weighted by Gasteiger charge is 2.30. The number of hydrogen-bond donors (Lipinski definition) is 0. The fourth-order valence-corrected chi connectivity index (χ4v) is 3.50. The average molecular weight is 305 g/mol. The summed E-state index contributed by atoms with van der Waals surface area (Å²) < 4.78 is 6.57. The molecule has 0 N–H and O–H groups in total. The Morgan fingerprint density at radius 2 is 2.29 bits per heavy atom. The van der Waals surface area contributed by atoms with Crippen LogP contribution >= 0.6 is 11.3 Å². The summed E-state index contributed by atoms with van der Waals surface area (Å²) in [6.45, 7) is 2.62. The number of carbonyl (C=O) groups excluding carboxylic acids is 1. The second kappa shape index (κ2) is 6.09. The van der Waals surface area contributed by atoms with Gasteiger partial charge >= 0.3 is 0 Å². The number of para-hydroxylation sites is 1. The molecular weight excluding hydrogens is 286 g/mol. The Hall–Kier alpha value is -1.50. The Balaban J connectivity index is 1.84. The maximum atomic E-state index is 12.8. The molecule has 5 nitrogen and oxygen atoms in total. The molecule has 1 aliphatic rings. The molecular formula is C15H19N3O2S. The van der Waals surface area contributed by atoms with Crippen LogP contribution in [0.3, 0.4) is 0 Å². The molecule has 1 aromatic carbocycles. The second-order valence-electron chi connectivity index (χ2n) is 5.48. The van der Waals surface area contributed by atoms with Crippen LogP contribution in [0.1, 0.15) is 9.80 Å². The maximum absolute atomic E-state index is 12.8. The van der Waals surface area contributed by atoms with Crippen LogP contribution in [0.4, 0.5) is 0 Å². The van der Waals surface area contributed by atoms with Gasteiger partial charge < -0.3 is 14.5 Å². The van der Waals surface area contributed by atoms with Crippen LogP contribution in [0.5, 0.6) is 0 Å². The summed E-state index contributed by atoms with van der Waals surface area (Å²) >= 11 is 1.46. The lowest BCUT2D eigenvalue weighted by molar-refractivity contribution is -0.00830. The first kappa shape index (κ1) is 14.4. The van der Waals surface area contributed by atoms with Crippen molar-refractivity contribution in [2.24, 2.45) is 0 Å². The van der Waals surface area contributed by atoms with Crippen molar-refractivity contribution in [1.29, 1.82) is 0 Å². The van der Waals surface area contributed by atoms with Gasteiger partial charge in [0.1, 0.15) is 0 Å². The zero-order valence-electron chi connectivity index (χ0n) is 12.3. The van der Waals surface area contributed by atoms with E-state index in [-0.39, 0.29) is 11.9 Å². The number of aromatic nitrogens is 1. The van der Waals surface area contributed by atoms with Crippen molar-refractivity contribution in [1.82, 2.24) is 14.8 Å². The quantitative estimate of drug-likeness (QED) is 0.866. The Labute approximate surface area is 128 Å². The van der Waals surface area contributed by atoms with Crippen LogP contribution in [0.2, 0.25) is 0 Å². The van der Waals surface area contributed by atoms with Crippen molar-refractivity contribution in [3.8, 4) is 0 Å². The second-order valence-corrected chi connectivity index (χ2v) is 6.51. The fourth-order valence-electron chi connectivity index (χ4n) is 2.58. The summed E-state index contributed by atoms with van der Waals surface area (Å²) in [4.78, 5) is 21.2. The molecule has 2 aromatic rings. The third kappa shape index (κ3) is 3.07. The van der Waals surface area contributed by atoms with Crippen LogP contribution in [0, 0.1) is 0 Å². The monoisotopic (exact) mass is 305 g/mol. The van der Waals surface area contributed by atoms with Gasteiger partial charge in [-0.3, -0.25) is 4.79 Å². The highest BCUT2D eigenvalue weighted by Crippen LogP contribution is 2.24. The van der Waals surface area contributed by atoms with E-state index in [1.807, 2.05) is 43.3 Å². The smallest absolute Gasteiger partial charge is 0.283 e. The van der Waals surface area contributed by atoms with Gasteiger partial charge in [-0.25, -0.2) is 4.98 Å². The topological polar surface area (TPSA) is 45.7 Å². The van der Waals surface area contributed by atoms with Crippen LogP contribution in [0.25, 0.3) is 10.2 Å². The maximum Gasteiger partial charge on any atom is 0.283 e. The predicted octanol–water partition coefficient (Wildman–Crippen LogP) is 1.70. The van der Waals surface area contributed by atoms with Crippen LogP contribution in [-0.2, 0) is 4.74 Å². The zero-order valence-corrected chi connectivity index (χ0v) is 13.1. The normalized spacial score (nSPS) is 19.4. The molecule has 0 unspecified atom stereocenters.